The molecule has 0 fully saturated rings. The van der Waals surface area contributed by atoms with E-state index in [-0.39, 0.29) is 18.3 Å². The summed E-state index contributed by atoms with van der Waals surface area (Å²) < 4.78 is 10.9. The fourth-order valence-electron chi connectivity index (χ4n) is 3.44. The third-order valence-corrected chi connectivity index (χ3v) is 5.84. The van der Waals surface area contributed by atoms with Gasteiger partial charge in [0.15, 0.2) is 6.61 Å². The lowest BCUT2D eigenvalue weighted by molar-refractivity contribution is -0.123. The summed E-state index contributed by atoms with van der Waals surface area (Å²) in [6.07, 6.45) is 2.56. The van der Waals surface area contributed by atoms with Gasteiger partial charge in [0.05, 0.1) is 5.02 Å². The van der Waals surface area contributed by atoms with Crippen molar-refractivity contribution in [1.82, 2.24) is 10.3 Å². The molecule has 0 unspecified atom stereocenters. The molecule has 4 rings (SSSR count). The number of benzene rings is 2. The van der Waals surface area contributed by atoms with E-state index in [2.05, 4.69) is 10.3 Å². The van der Waals surface area contributed by atoms with Gasteiger partial charge in [-0.15, -0.1) is 0 Å². The molecule has 0 bridgehead atoms. The summed E-state index contributed by atoms with van der Waals surface area (Å²) in [6, 6.07) is 8.86. The first-order chi connectivity index (χ1) is 14.8. The monoisotopic (exact) mass is 458 g/mol. The van der Waals surface area contributed by atoms with Crippen LogP contribution >= 0.6 is 23.2 Å². The quantitative estimate of drug-likeness (QED) is 0.401. The molecule has 0 aliphatic carbocycles. The number of H-pyrrole nitrogens is 1. The van der Waals surface area contributed by atoms with Crippen LogP contribution in [0.25, 0.3) is 21.9 Å². The van der Waals surface area contributed by atoms with Crippen molar-refractivity contribution in [3.8, 4) is 5.75 Å². The van der Waals surface area contributed by atoms with Crippen LogP contribution in [0.1, 0.15) is 16.7 Å². The Bertz CT molecular complexity index is 1360. The maximum atomic E-state index is 12.2. The molecule has 4 aromatic rings. The number of hydrogen-bond donors (Lipinski definition) is 2. The average Bonchev–Trinajstić information content (AvgIpc) is 3.13. The smallest absolute Gasteiger partial charge is 0.339 e. The number of ether oxygens (including phenoxy) is 1. The minimum atomic E-state index is -0.408. The number of carbonyl (C=O) groups is 1. The molecule has 0 radical (unpaired) electrons. The topological polar surface area (TPSA) is 84.3 Å². The first-order valence-electron chi connectivity index (χ1n) is 9.72. The van der Waals surface area contributed by atoms with E-state index >= 15 is 0 Å². The molecule has 0 saturated carbocycles. The number of carbonyl (C=O) groups excluding carboxylic acids is 1. The molecule has 160 valence electrons. The molecule has 2 heterocycles. The maximum absolute atomic E-state index is 12.2. The van der Waals surface area contributed by atoms with E-state index in [4.69, 9.17) is 32.4 Å². The van der Waals surface area contributed by atoms with Crippen LogP contribution in [0.4, 0.5) is 0 Å². The minimum absolute atomic E-state index is 0.208. The van der Waals surface area contributed by atoms with Gasteiger partial charge in [0.1, 0.15) is 11.3 Å². The lowest BCUT2D eigenvalue weighted by atomic mass is 10.1. The fourth-order valence-corrected chi connectivity index (χ4v) is 3.83. The molecule has 0 atom stereocenters. The fraction of sp³-hybridized carbons (Fsp3) is 0.217. The summed E-state index contributed by atoms with van der Waals surface area (Å²) in [5, 5.41) is 5.60. The van der Waals surface area contributed by atoms with E-state index in [1.165, 1.54) is 6.07 Å². The molecule has 1 amide bonds. The highest BCUT2D eigenvalue weighted by Crippen LogP contribution is 2.31. The molecule has 2 aromatic carbocycles. The summed E-state index contributed by atoms with van der Waals surface area (Å²) in [5.74, 6) is -0.00225. The highest BCUT2D eigenvalue weighted by molar-refractivity contribution is 6.33. The average molecular weight is 459 g/mol. The summed E-state index contributed by atoms with van der Waals surface area (Å²) in [6.45, 7) is 3.77. The number of amides is 1. The van der Waals surface area contributed by atoms with E-state index in [1.54, 1.807) is 13.0 Å². The Kier molecular flexibility index (Phi) is 5.94. The molecule has 8 heteroatoms. The Hall–Kier alpha value is -2.96. The van der Waals surface area contributed by atoms with Gasteiger partial charge >= 0.3 is 5.63 Å². The Balaban J connectivity index is 1.38. The first kappa shape index (κ1) is 21.3. The van der Waals surface area contributed by atoms with Crippen molar-refractivity contribution >= 4 is 51.0 Å². The Labute approximate surface area is 188 Å². The van der Waals surface area contributed by atoms with Gasteiger partial charge in [-0.05, 0) is 55.7 Å². The van der Waals surface area contributed by atoms with Gasteiger partial charge in [0, 0.05) is 45.7 Å². The van der Waals surface area contributed by atoms with Crippen LogP contribution in [0, 0.1) is 13.8 Å². The number of rotatable bonds is 6. The van der Waals surface area contributed by atoms with Crippen LogP contribution in [0.5, 0.6) is 5.75 Å². The zero-order chi connectivity index (χ0) is 22.1. The summed E-state index contributed by atoms with van der Waals surface area (Å²) in [7, 11) is 0. The second-order valence-corrected chi connectivity index (χ2v) is 8.15. The number of aromatic nitrogens is 1. The Morgan fingerprint density at radius 1 is 1.13 bits per heavy atom. The normalized spacial score (nSPS) is 11.2. The predicted octanol–water partition coefficient (Wildman–Crippen LogP) is 4.94. The van der Waals surface area contributed by atoms with E-state index in [1.807, 2.05) is 31.3 Å². The zero-order valence-corrected chi connectivity index (χ0v) is 18.5. The number of aryl methyl sites for hydroxylation is 1. The van der Waals surface area contributed by atoms with E-state index in [0.29, 0.717) is 34.2 Å². The zero-order valence-electron chi connectivity index (χ0n) is 17.0. The second-order valence-electron chi connectivity index (χ2n) is 7.31. The van der Waals surface area contributed by atoms with Crippen molar-refractivity contribution in [3.63, 3.8) is 0 Å². The van der Waals surface area contributed by atoms with Crippen LogP contribution < -0.4 is 15.7 Å². The molecule has 0 aliphatic rings. The highest BCUT2D eigenvalue weighted by Gasteiger charge is 2.13. The molecular weight excluding hydrogens is 439 g/mol. The van der Waals surface area contributed by atoms with Crippen molar-refractivity contribution in [2.75, 3.05) is 13.2 Å². The largest absolute Gasteiger partial charge is 0.482 e. The number of halogens is 2. The van der Waals surface area contributed by atoms with E-state index in [9.17, 15) is 9.59 Å². The molecule has 6 nitrogen and oxygen atoms in total. The summed E-state index contributed by atoms with van der Waals surface area (Å²) >= 11 is 12.4. The number of aromatic amines is 1. The molecule has 0 saturated heterocycles. The van der Waals surface area contributed by atoms with Gasteiger partial charge in [-0.1, -0.05) is 23.2 Å². The van der Waals surface area contributed by atoms with Crippen LogP contribution in [0.2, 0.25) is 10.0 Å². The number of nitrogens with one attached hydrogen (secondary N) is 2. The maximum Gasteiger partial charge on any atom is 0.339 e. The third kappa shape index (κ3) is 4.40. The first-order valence-corrected chi connectivity index (χ1v) is 10.5. The summed E-state index contributed by atoms with van der Waals surface area (Å²) in [4.78, 5) is 27.3. The lowest BCUT2D eigenvalue weighted by Gasteiger charge is -2.11. The van der Waals surface area contributed by atoms with Gasteiger partial charge in [0.2, 0.25) is 0 Å². The minimum Gasteiger partial charge on any atom is -0.482 e. The van der Waals surface area contributed by atoms with Crippen molar-refractivity contribution in [1.29, 1.82) is 0 Å². The van der Waals surface area contributed by atoms with Crippen molar-refractivity contribution in [3.05, 3.63) is 73.7 Å². The lowest BCUT2D eigenvalue weighted by Crippen LogP contribution is -2.30. The Morgan fingerprint density at radius 3 is 2.74 bits per heavy atom. The SMILES string of the molecule is Cc1c(C)c2cc(Cl)c(OCC(=O)NCCc3c[nH]c4ccc(Cl)cc34)cc2oc1=O. The predicted molar refractivity (Wildman–Crippen MR) is 122 cm³/mol. The van der Waals surface area contributed by atoms with Gasteiger partial charge in [-0.3, -0.25) is 4.79 Å². The van der Waals surface area contributed by atoms with Gasteiger partial charge in [-0.2, -0.15) is 0 Å². The molecule has 31 heavy (non-hydrogen) atoms. The molecule has 0 aliphatic heterocycles. The van der Waals surface area contributed by atoms with Crippen molar-refractivity contribution in [2.45, 2.75) is 20.3 Å². The Morgan fingerprint density at radius 2 is 1.94 bits per heavy atom. The van der Waals surface area contributed by atoms with Crippen molar-refractivity contribution in [2.24, 2.45) is 0 Å². The second kappa shape index (κ2) is 8.65. The highest BCUT2D eigenvalue weighted by atomic mass is 35.5. The molecule has 2 N–H and O–H groups in total. The van der Waals surface area contributed by atoms with Crippen LogP contribution in [-0.4, -0.2) is 24.0 Å². The van der Waals surface area contributed by atoms with Crippen molar-refractivity contribution < 1.29 is 13.9 Å². The van der Waals surface area contributed by atoms with E-state index in [0.717, 1.165) is 27.4 Å². The number of hydrogen-bond acceptors (Lipinski definition) is 4. The summed E-state index contributed by atoms with van der Waals surface area (Å²) in [5.41, 5.74) is 3.36. The van der Waals surface area contributed by atoms with Crippen LogP contribution in [0.15, 0.2) is 45.7 Å². The molecule has 0 spiro atoms. The standard InChI is InChI=1S/C23H20Cl2N2O4/c1-12-13(2)23(29)31-20-9-21(18(25)8-16(12)20)30-11-22(28)26-6-5-14-10-27-19-4-3-15(24)7-17(14)19/h3-4,7-10,27H,5-6,11H2,1-2H3,(H,26,28). The van der Waals surface area contributed by atoms with Gasteiger partial charge in [-0.25, -0.2) is 4.79 Å². The van der Waals surface area contributed by atoms with E-state index < -0.39 is 5.63 Å². The molecular formula is C23H20Cl2N2O4. The third-order valence-electron chi connectivity index (χ3n) is 5.31. The molecule has 2 aromatic heterocycles. The van der Waals surface area contributed by atoms with Gasteiger partial charge in [0.25, 0.3) is 5.91 Å². The van der Waals surface area contributed by atoms with Crippen LogP contribution in [0.3, 0.4) is 0 Å². The van der Waals surface area contributed by atoms with Gasteiger partial charge < -0.3 is 19.5 Å². The number of fused-ring (bicyclic) bond motifs is 2. The van der Waals surface area contributed by atoms with Crippen LogP contribution in [-0.2, 0) is 11.2 Å².